The minimum Gasteiger partial charge on any atom is -0.311 e. The molecule has 0 radical (unpaired) electrons. The predicted octanol–water partition coefficient (Wildman–Crippen LogP) is 3.32. The largest absolute Gasteiger partial charge is 0.311 e. The third-order valence-corrected chi connectivity index (χ3v) is 3.07. The molecular formula is C12H16ClF2N. The molecule has 0 aliphatic rings. The van der Waals surface area contributed by atoms with Crippen LogP contribution >= 0.6 is 11.6 Å². The lowest BCUT2D eigenvalue weighted by atomic mass is 10.1. The fourth-order valence-electron chi connectivity index (χ4n) is 1.27. The molecule has 1 aromatic rings. The van der Waals surface area contributed by atoms with Crippen molar-refractivity contribution in [3.63, 3.8) is 0 Å². The van der Waals surface area contributed by atoms with Gasteiger partial charge in [-0.15, -0.1) is 11.6 Å². The van der Waals surface area contributed by atoms with E-state index in [9.17, 15) is 8.78 Å². The van der Waals surface area contributed by atoms with Crippen molar-refractivity contribution in [2.45, 2.75) is 25.8 Å². The lowest BCUT2D eigenvalue weighted by Crippen LogP contribution is -2.26. The molecule has 1 atom stereocenters. The summed E-state index contributed by atoms with van der Waals surface area (Å²) in [6, 6.07) is 4.16. The van der Waals surface area contributed by atoms with E-state index in [1.807, 2.05) is 13.8 Å². The van der Waals surface area contributed by atoms with E-state index in [2.05, 4.69) is 5.32 Å². The summed E-state index contributed by atoms with van der Waals surface area (Å²) >= 11 is 6.02. The van der Waals surface area contributed by atoms with Crippen LogP contribution in [0.4, 0.5) is 8.78 Å². The Morgan fingerprint density at radius 3 is 2.62 bits per heavy atom. The molecule has 1 N–H and O–H groups in total. The maximum atomic E-state index is 13.2. The van der Waals surface area contributed by atoms with Gasteiger partial charge in [0, 0.05) is 24.0 Å². The molecule has 4 heteroatoms. The molecule has 16 heavy (non-hydrogen) atoms. The Hall–Kier alpha value is -0.670. The van der Waals surface area contributed by atoms with Gasteiger partial charge in [0.05, 0.1) is 0 Å². The first kappa shape index (κ1) is 13.4. The van der Waals surface area contributed by atoms with Crippen molar-refractivity contribution in [3.05, 3.63) is 35.4 Å². The summed E-state index contributed by atoms with van der Waals surface area (Å²) in [5, 5.41) is 3.01. The fourth-order valence-corrected chi connectivity index (χ4v) is 1.37. The smallest absolute Gasteiger partial charge is 0.163 e. The van der Waals surface area contributed by atoms with Crippen molar-refractivity contribution in [1.82, 2.24) is 5.32 Å². The van der Waals surface area contributed by atoms with E-state index in [1.165, 1.54) is 6.07 Å². The van der Waals surface area contributed by atoms with E-state index in [4.69, 9.17) is 11.6 Å². The minimum atomic E-state index is -0.814. The van der Waals surface area contributed by atoms with Crippen molar-refractivity contribution in [2.75, 3.05) is 6.54 Å². The molecule has 0 fully saturated rings. The van der Waals surface area contributed by atoms with Gasteiger partial charge in [-0.3, -0.25) is 0 Å². The topological polar surface area (TPSA) is 12.0 Å². The Bertz CT molecular complexity index is 342. The highest BCUT2D eigenvalue weighted by Gasteiger charge is 2.10. The molecule has 1 aromatic carbocycles. The quantitative estimate of drug-likeness (QED) is 0.787. The molecule has 0 spiro atoms. The van der Waals surface area contributed by atoms with Crippen molar-refractivity contribution in [1.29, 1.82) is 0 Å². The van der Waals surface area contributed by atoms with Crippen LogP contribution in [0.25, 0.3) is 0 Å². The maximum absolute atomic E-state index is 13.2. The average molecular weight is 248 g/mol. The van der Waals surface area contributed by atoms with Crippen LogP contribution in [0.1, 0.15) is 19.4 Å². The lowest BCUT2D eigenvalue weighted by molar-refractivity contribution is 0.487. The van der Waals surface area contributed by atoms with Crippen molar-refractivity contribution >= 4 is 11.6 Å². The summed E-state index contributed by atoms with van der Waals surface area (Å²) in [5.41, 5.74) is 0.327. The van der Waals surface area contributed by atoms with E-state index >= 15 is 0 Å². The molecule has 0 heterocycles. The number of hydrogen-bond donors (Lipinski definition) is 1. The number of benzene rings is 1. The number of rotatable bonds is 5. The zero-order chi connectivity index (χ0) is 12.1. The van der Waals surface area contributed by atoms with Gasteiger partial charge in [-0.2, -0.15) is 0 Å². The van der Waals surface area contributed by atoms with Crippen LogP contribution in [0, 0.1) is 17.6 Å². The maximum Gasteiger partial charge on any atom is 0.163 e. The van der Waals surface area contributed by atoms with E-state index < -0.39 is 11.6 Å². The van der Waals surface area contributed by atoms with Crippen LogP contribution in [0.15, 0.2) is 18.2 Å². The Morgan fingerprint density at radius 1 is 1.31 bits per heavy atom. The van der Waals surface area contributed by atoms with Gasteiger partial charge in [0.2, 0.25) is 0 Å². The van der Waals surface area contributed by atoms with Gasteiger partial charge < -0.3 is 5.32 Å². The van der Waals surface area contributed by atoms with Gasteiger partial charge in [-0.25, -0.2) is 8.78 Å². The summed E-state index contributed by atoms with van der Waals surface area (Å²) in [7, 11) is 0. The first-order valence-electron chi connectivity index (χ1n) is 5.30. The van der Waals surface area contributed by atoms with Gasteiger partial charge in [-0.05, 0) is 12.0 Å². The zero-order valence-corrected chi connectivity index (χ0v) is 10.2. The van der Waals surface area contributed by atoms with Crippen LogP contribution in [-0.4, -0.2) is 11.9 Å². The number of hydrogen-bond acceptors (Lipinski definition) is 1. The number of halogens is 3. The van der Waals surface area contributed by atoms with E-state index in [1.54, 1.807) is 6.07 Å². The second kappa shape index (κ2) is 6.16. The molecule has 0 aliphatic heterocycles. The first-order valence-corrected chi connectivity index (χ1v) is 5.73. The van der Waals surface area contributed by atoms with E-state index in [0.29, 0.717) is 24.6 Å². The summed E-state index contributed by atoms with van der Waals surface area (Å²) in [5.74, 6) is -1.25. The Balaban J connectivity index is 2.46. The number of alkyl halides is 1. The van der Waals surface area contributed by atoms with Gasteiger partial charge in [0.1, 0.15) is 0 Å². The second-order valence-electron chi connectivity index (χ2n) is 4.10. The zero-order valence-electron chi connectivity index (χ0n) is 9.43. The first-order chi connectivity index (χ1) is 7.52. The molecule has 0 bridgehead atoms. The lowest BCUT2D eigenvalue weighted by Gasteiger charge is -2.14. The van der Waals surface area contributed by atoms with Crippen molar-refractivity contribution in [3.8, 4) is 0 Å². The summed E-state index contributed by atoms with van der Waals surface area (Å²) in [6.07, 6.45) is 0. The molecule has 0 saturated carbocycles. The Morgan fingerprint density at radius 2 is 2.00 bits per heavy atom. The third kappa shape index (κ3) is 3.72. The Labute approximate surface area is 99.8 Å². The molecule has 0 saturated heterocycles. The molecule has 1 unspecified atom stereocenters. The molecule has 90 valence electrons. The molecule has 0 aromatic heterocycles. The van der Waals surface area contributed by atoms with Crippen LogP contribution in [0.5, 0.6) is 0 Å². The highest BCUT2D eigenvalue weighted by Crippen LogP contribution is 2.12. The van der Waals surface area contributed by atoms with Crippen molar-refractivity contribution in [2.24, 2.45) is 5.92 Å². The Kier molecular flexibility index (Phi) is 5.16. The monoisotopic (exact) mass is 247 g/mol. The summed E-state index contributed by atoms with van der Waals surface area (Å²) in [4.78, 5) is 0. The van der Waals surface area contributed by atoms with Gasteiger partial charge in [0.15, 0.2) is 11.6 Å². The van der Waals surface area contributed by atoms with Crippen LogP contribution < -0.4 is 5.32 Å². The molecule has 0 aliphatic carbocycles. The highest BCUT2D eigenvalue weighted by molar-refractivity contribution is 6.20. The standard InChI is InChI=1S/C12H16ClF2N/c1-8(2)10(13)7-16-6-9-4-3-5-11(14)12(9)15/h3-5,8,10,16H,6-7H2,1-2H3. The predicted molar refractivity (Wildman–Crippen MR) is 62.5 cm³/mol. The second-order valence-corrected chi connectivity index (χ2v) is 4.66. The summed E-state index contributed by atoms with van der Waals surface area (Å²) in [6.45, 7) is 4.90. The van der Waals surface area contributed by atoms with E-state index in [-0.39, 0.29) is 5.38 Å². The van der Waals surface area contributed by atoms with Crippen LogP contribution in [0.3, 0.4) is 0 Å². The molecule has 1 nitrogen and oxygen atoms in total. The molecule has 0 amide bonds. The highest BCUT2D eigenvalue weighted by atomic mass is 35.5. The van der Waals surface area contributed by atoms with Crippen LogP contribution in [0.2, 0.25) is 0 Å². The third-order valence-electron chi connectivity index (χ3n) is 2.41. The van der Waals surface area contributed by atoms with Gasteiger partial charge in [0.25, 0.3) is 0 Å². The average Bonchev–Trinajstić information content (AvgIpc) is 2.24. The minimum absolute atomic E-state index is 0.00313. The van der Waals surface area contributed by atoms with Crippen LogP contribution in [-0.2, 0) is 6.54 Å². The van der Waals surface area contributed by atoms with Gasteiger partial charge >= 0.3 is 0 Å². The number of nitrogens with one attached hydrogen (secondary N) is 1. The van der Waals surface area contributed by atoms with E-state index in [0.717, 1.165) is 6.07 Å². The van der Waals surface area contributed by atoms with Crippen molar-refractivity contribution < 1.29 is 8.78 Å². The fraction of sp³-hybridized carbons (Fsp3) is 0.500. The molecular weight excluding hydrogens is 232 g/mol. The van der Waals surface area contributed by atoms with Gasteiger partial charge in [-0.1, -0.05) is 26.0 Å². The SMILES string of the molecule is CC(C)C(Cl)CNCc1cccc(F)c1F. The molecule has 1 rings (SSSR count). The normalized spacial score (nSPS) is 13.1. The summed E-state index contributed by atoms with van der Waals surface area (Å²) < 4.78 is 26.1.